The highest BCUT2D eigenvalue weighted by atomic mass is 32.1. The van der Waals surface area contributed by atoms with Crippen LogP contribution in [0.5, 0.6) is 0 Å². The van der Waals surface area contributed by atoms with Crippen molar-refractivity contribution >= 4 is 24.8 Å². The summed E-state index contributed by atoms with van der Waals surface area (Å²) in [5.41, 5.74) is 1.62. The Balaban J connectivity index is 3.09. The van der Waals surface area contributed by atoms with E-state index in [9.17, 15) is 4.79 Å². The third-order valence-corrected chi connectivity index (χ3v) is 1.35. The van der Waals surface area contributed by atoms with E-state index in [1.807, 2.05) is 0 Å². The maximum absolute atomic E-state index is 10.5. The molecule has 0 fully saturated rings. The highest BCUT2D eigenvalue weighted by Gasteiger charge is 1.90. The monoisotopic (exact) mass is 237 g/mol. The number of oxime groups is 1. The summed E-state index contributed by atoms with van der Waals surface area (Å²) >= 11 is 3.98. The van der Waals surface area contributed by atoms with Gasteiger partial charge in [0.05, 0.1) is 26.4 Å². The number of amides is 1. The molecule has 0 spiro atoms. The van der Waals surface area contributed by atoms with Gasteiger partial charge in [0.15, 0.2) is 1.41 Å². The van der Waals surface area contributed by atoms with Crippen LogP contribution >= 0.6 is 12.6 Å². The zero-order valence-corrected chi connectivity index (χ0v) is 9.24. The molecule has 0 heterocycles. The quantitative estimate of drug-likeness (QED) is 0.231. The van der Waals surface area contributed by atoms with E-state index in [-0.39, 0.29) is 6.61 Å². The number of hydrogen-bond acceptors (Lipinski definition) is 6. The molecule has 0 atom stereocenters. The minimum absolute atomic E-state index is 0.244. The fourth-order valence-corrected chi connectivity index (χ4v) is 0.750. The summed E-state index contributed by atoms with van der Waals surface area (Å²) in [7, 11) is 0. The van der Waals surface area contributed by atoms with Gasteiger partial charge in [-0.15, -0.1) is 0 Å². The molecule has 0 aromatic rings. The molecule has 2 N–H and O–H groups in total. The predicted molar refractivity (Wildman–Crippen MR) is 59.1 cm³/mol. The van der Waals surface area contributed by atoms with Crippen molar-refractivity contribution in [3.8, 4) is 0 Å². The van der Waals surface area contributed by atoms with E-state index in [1.54, 1.807) is 5.73 Å². The summed E-state index contributed by atoms with van der Waals surface area (Å²) in [5.74, 6) is 0.0525. The molecule has 7 heteroatoms. The minimum atomic E-state index is -0.638. The number of carbonyl (C=O) groups is 1. The van der Waals surface area contributed by atoms with Gasteiger partial charge in [-0.1, -0.05) is 5.16 Å². The first-order valence-corrected chi connectivity index (χ1v) is 5.08. The van der Waals surface area contributed by atoms with Crippen LogP contribution in [0.4, 0.5) is 0 Å². The van der Waals surface area contributed by atoms with Gasteiger partial charge in [0.2, 0.25) is 0 Å². The Hall–Kier alpha value is -0.790. The molecule has 1 amide bonds. The normalized spacial score (nSPS) is 11.4. The smallest absolute Gasteiger partial charge is 0.263 e. The van der Waals surface area contributed by atoms with Gasteiger partial charge in [0.1, 0.15) is 12.8 Å². The first-order chi connectivity index (χ1) is 7.81. The Labute approximate surface area is 95.6 Å². The molecule has 0 aromatic heterocycles. The number of primary amides is 1. The third-order valence-electron chi connectivity index (χ3n) is 1.17. The molecule has 0 aliphatic rings. The Bertz CT molecular complexity index is 206. The van der Waals surface area contributed by atoms with Crippen LogP contribution in [0.15, 0.2) is 5.16 Å². The van der Waals surface area contributed by atoms with E-state index in [4.69, 9.17) is 10.9 Å². The number of nitrogens with two attached hydrogens (primary N) is 1. The molecule has 0 radical (unpaired) electrons. The Morgan fingerprint density at radius 1 is 1.33 bits per heavy atom. The van der Waals surface area contributed by atoms with E-state index < -0.39 is 5.91 Å². The van der Waals surface area contributed by atoms with Gasteiger partial charge in [0, 0.05) is 5.75 Å². The molecule has 0 aliphatic carbocycles. The van der Waals surface area contributed by atoms with Gasteiger partial charge < -0.3 is 20.0 Å². The lowest BCUT2D eigenvalue weighted by Crippen LogP contribution is -2.12. The van der Waals surface area contributed by atoms with Crippen LogP contribution in [-0.2, 0) is 19.1 Å². The summed E-state index contributed by atoms with van der Waals surface area (Å²) in [6.07, 6.45) is 0.878. The van der Waals surface area contributed by atoms with Crippen molar-refractivity contribution in [3.05, 3.63) is 0 Å². The highest BCUT2D eigenvalue weighted by molar-refractivity contribution is 7.80. The Kier molecular flexibility index (Phi) is 9.24. The molecule has 0 rings (SSSR count). The lowest BCUT2D eigenvalue weighted by Gasteiger charge is -2.03. The van der Waals surface area contributed by atoms with Crippen LogP contribution in [0.25, 0.3) is 0 Å². The molecule has 0 saturated carbocycles. The SMILES string of the molecule is [2H]NC(=O)/C=N/OCCOCCOCCS. The van der Waals surface area contributed by atoms with Crippen LogP contribution in [0.1, 0.15) is 0 Å². The molecule has 0 aromatic carbocycles. The maximum atomic E-state index is 10.5. The second-order valence-corrected chi connectivity index (χ2v) is 2.83. The predicted octanol–water partition coefficient (Wildman–Crippen LogP) is -0.563. The van der Waals surface area contributed by atoms with Gasteiger partial charge in [0.25, 0.3) is 5.91 Å². The standard InChI is InChI=1S/C8H16N2O4S/c9-8(11)7-10-14-4-3-12-1-2-13-5-6-15/h7,15H,1-6H2,(H2,9,11)/b10-7+/i/hD. The Morgan fingerprint density at radius 3 is 2.67 bits per heavy atom. The van der Waals surface area contributed by atoms with Crippen molar-refractivity contribution in [2.24, 2.45) is 10.9 Å². The second kappa shape index (κ2) is 11.3. The van der Waals surface area contributed by atoms with Crippen LogP contribution in [0.2, 0.25) is 1.41 Å². The molecule has 15 heavy (non-hydrogen) atoms. The summed E-state index contributed by atoms with van der Waals surface area (Å²) in [5, 5.41) is 3.31. The van der Waals surface area contributed by atoms with E-state index in [0.29, 0.717) is 32.2 Å². The van der Waals surface area contributed by atoms with Crippen molar-refractivity contribution < 1.29 is 20.5 Å². The summed E-state index contributed by atoms with van der Waals surface area (Å²) < 4.78 is 16.7. The largest absolute Gasteiger partial charge is 0.393 e. The lowest BCUT2D eigenvalue weighted by atomic mass is 10.7. The van der Waals surface area contributed by atoms with Crippen molar-refractivity contribution in [3.63, 3.8) is 0 Å². The fraction of sp³-hybridized carbons (Fsp3) is 0.750. The summed E-state index contributed by atoms with van der Waals surface area (Å²) in [6, 6.07) is 0. The van der Waals surface area contributed by atoms with Crippen molar-refractivity contribution in [1.29, 1.82) is 0 Å². The van der Waals surface area contributed by atoms with E-state index in [0.717, 1.165) is 6.21 Å². The molecule has 0 aliphatic heterocycles. The number of rotatable bonds is 10. The molecular weight excluding hydrogens is 220 g/mol. The van der Waals surface area contributed by atoms with Crippen LogP contribution < -0.4 is 5.73 Å². The molecule has 6 nitrogen and oxygen atoms in total. The zero-order chi connectivity index (χ0) is 12.1. The molecule has 0 saturated heterocycles. The zero-order valence-electron chi connectivity index (χ0n) is 9.35. The number of hydrogen-bond donors (Lipinski definition) is 2. The molecule has 0 unspecified atom stereocenters. The van der Waals surface area contributed by atoms with Gasteiger partial charge in [-0.25, -0.2) is 0 Å². The summed E-state index contributed by atoms with van der Waals surface area (Å²) in [4.78, 5) is 15.1. The first kappa shape index (κ1) is 12.3. The van der Waals surface area contributed by atoms with E-state index >= 15 is 0 Å². The Morgan fingerprint density at radius 2 is 2.00 bits per heavy atom. The van der Waals surface area contributed by atoms with Crippen molar-refractivity contribution in [2.45, 2.75) is 0 Å². The van der Waals surface area contributed by atoms with Crippen LogP contribution in [-0.4, -0.2) is 50.9 Å². The molecular formula is C8H16N2O4S. The molecule has 88 valence electrons. The lowest BCUT2D eigenvalue weighted by molar-refractivity contribution is -0.111. The van der Waals surface area contributed by atoms with Gasteiger partial charge in [-0.05, 0) is 0 Å². The average Bonchev–Trinajstić information content (AvgIpc) is 2.31. The van der Waals surface area contributed by atoms with Crippen LogP contribution in [0, 0.1) is 0 Å². The van der Waals surface area contributed by atoms with E-state index in [2.05, 4.69) is 22.6 Å². The van der Waals surface area contributed by atoms with E-state index in [1.165, 1.54) is 0 Å². The highest BCUT2D eigenvalue weighted by Crippen LogP contribution is 1.82. The fourth-order valence-electron chi connectivity index (χ4n) is 0.621. The third kappa shape index (κ3) is 13.2. The topological polar surface area (TPSA) is 83.1 Å². The van der Waals surface area contributed by atoms with Gasteiger partial charge in [-0.3, -0.25) is 4.79 Å². The van der Waals surface area contributed by atoms with Crippen molar-refractivity contribution in [1.82, 2.24) is 0 Å². The van der Waals surface area contributed by atoms with Crippen molar-refractivity contribution in [2.75, 3.05) is 38.8 Å². The number of carbonyl (C=O) groups excluding carboxylic acids is 1. The number of nitrogens with zero attached hydrogens (tertiary/aromatic N) is 1. The van der Waals surface area contributed by atoms with Gasteiger partial charge in [-0.2, -0.15) is 12.6 Å². The minimum Gasteiger partial charge on any atom is -0.393 e. The average molecular weight is 237 g/mol. The number of ether oxygens (including phenoxy) is 2. The van der Waals surface area contributed by atoms with Crippen LogP contribution in [0.3, 0.4) is 0 Å². The molecule has 0 bridgehead atoms. The number of thiol groups is 1. The second-order valence-electron chi connectivity index (χ2n) is 2.38. The van der Waals surface area contributed by atoms with Gasteiger partial charge >= 0.3 is 0 Å². The summed E-state index contributed by atoms with van der Waals surface area (Å²) in [6.45, 7) is 2.22. The first-order valence-electron chi connectivity index (χ1n) is 4.94. The maximum Gasteiger partial charge on any atom is 0.263 e.